The van der Waals surface area contributed by atoms with Gasteiger partial charge in [-0.15, -0.1) is 0 Å². The zero-order valence-electron chi connectivity index (χ0n) is 19.6. The van der Waals surface area contributed by atoms with E-state index in [0.29, 0.717) is 25.7 Å². The van der Waals surface area contributed by atoms with Crippen molar-refractivity contribution in [1.82, 2.24) is 0 Å². The summed E-state index contributed by atoms with van der Waals surface area (Å²) in [7, 11) is 0. The summed E-state index contributed by atoms with van der Waals surface area (Å²) in [4.78, 5) is 11.5. The average Bonchev–Trinajstić information content (AvgIpc) is 2.72. The molecular formula is C26H52O3. The monoisotopic (exact) mass is 412 g/mol. The zero-order valence-corrected chi connectivity index (χ0v) is 19.6. The van der Waals surface area contributed by atoms with Gasteiger partial charge in [0.15, 0.2) is 0 Å². The third-order valence-corrected chi connectivity index (χ3v) is 6.01. The Morgan fingerprint density at radius 3 is 1.41 bits per heavy atom. The summed E-state index contributed by atoms with van der Waals surface area (Å²) in [5.41, 5.74) is 0. The van der Waals surface area contributed by atoms with Gasteiger partial charge in [-0.25, -0.2) is 0 Å². The number of Topliss-reactive ketones (excluding diaryl/α,β-unsaturated/α-hetero) is 1. The Hall–Kier alpha value is -0.410. The first kappa shape index (κ1) is 28.6. The molecule has 1 atom stereocenters. The molecule has 0 heterocycles. The number of ketones is 1. The fourth-order valence-electron chi connectivity index (χ4n) is 3.98. The number of aliphatic hydroxyl groups is 2. The van der Waals surface area contributed by atoms with Crippen LogP contribution in [-0.4, -0.2) is 28.7 Å². The number of aliphatic hydroxyl groups excluding tert-OH is 2. The molecule has 29 heavy (non-hydrogen) atoms. The molecule has 0 saturated heterocycles. The molecule has 2 N–H and O–H groups in total. The van der Waals surface area contributed by atoms with Crippen molar-refractivity contribution in [3.63, 3.8) is 0 Å². The van der Waals surface area contributed by atoms with E-state index in [4.69, 9.17) is 5.11 Å². The lowest BCUT2D eigenvalue weighted by Crippen LogP contribution is -2.10. The minimum absolute atomic E-state index is 0.0769. The minimum Gasteiger partial charge on any atom is -0.396 e. The highest BCUT2D eigenvalue weighted by Gasteiger charge is 2.08. The molecule has 0 radical (unpaired) electrons. The van der Waals surface area contributed by atoms with Crippen molar-refractivity contribution < 1.29 is 15.0 Å². The molecule has 0 saturated carbocycles. The van der Waals surface area contributed by atoms with Gasteiger partial charge in [0.05, 0.1) is 6.10 Å². The zero-order chi connectivity index (χ0) is 21.4. The van der Waals surface area contributed by atoms with Crippen LogP contribution in [0.2, 0.25) is 0 Å². The molecule has 0 aliphatic carbocycles. The van der Waals surface area contributed by atoms with Crippen LogP contribution in [0.5, 0.6) is 0 Å². The quantitative estimate of drug-likeness (QED) is 0.161. The normalized spacial score (nSPS) is 12.4. The highest BCUT2D eigenvalue weighted by atomic mass is 16.3. The lowest BCUT2D eigenvalue weighted by molar-refractivity contribution is -0.119. The molecule has 0 spiro atoms. The Morgan fingerprint density at radius 2 is 1.00 bits per heavy atom. The molecule has 174 valence electrons. The van der Waals surface area contributed by atoms with Gasteiger partial charge in [-0.1, -0.05) is 116 Å². The van der Waals surface area contributed by atoms with E-state index in [1.807, 2.05) is 0 Å². The molecule has 3 nitrogen and oxygen atoms in total. The van der Waals surface area contributed by atoms with Gasteiger partial charge < -0.3 is 10.2 Å². The first-order valence-electron chi connectivity index (χ1n) is 13.0. The van der Waals surface area contributed by atoms with E-state index in [1.54, 1.807) is 0 Å². The number of carbonyl (C=O) groups is 1. The van der Waals surface area contributed by atoms with Gasteiger partial charge in [0.2, 0.25) is 0 Å². The van der Waals surface area contributed by atoms with Crippen LogP contribution < -0.4 is 0 Å². The Kier molecular flexibility index (Phi) is 23.5. The first-order valence-corrected chi connectivity index (χ1v) is 13.0. The van der Waals surface area contributed by atoms with Crippen LogP contribution in [0.25, 0.3) is 0 Å². The van der Waals surface area contributed by atoms with Gasteiger partial charge >= 0.3 is 0 Å². The molecule has 0 aromatic rings. The Morgan fingerprint density at radius 1 is 0.586 bits per heavy atom. The van der Waals surface area contributed by atoms with E-state index in [-0.39, 0.29) is 18.5 Å². The smallest absolute Gasteiger partial charge is 0.133 e. The number of unbranched alkanes of at least 4 members (excludes halogenated alkanes) is 16. The maximum atomic E-state index is 11.5. The Bertz CT molecular complexity index is 330. The molecule has 0 fully saturated rings. The topological polar surface area (TPSA) is 57.5 Å². The number of rotatable bonds is 24. The van der Waals surface area contributed by atoms with Crippen molar-refractivity contribution in [1.29, 1.82) is 0 Å². The maximum absolute atomic E-state index is 11.5. The summed E-state index contributed by atoms with van der Waals surface area (Å²) < 4.78 is 0. The number of hydrogen-bond donors (Lipinski definition) is 2. The van der Waals surface area contributed by atoms with E-state index in [9.17, 15) is 9.90 Å². The van der Waals surface area contributed by atoms with Crippen LogP contribution in [0, 0.1) is 0 Å². The maximum Gasteiger partial charge on any atom is 0.133 e. The number of carbonyl (C=O) groups excluding carboxylic acids is 1. The van der Waals surface area contributed by atoms with E-state index >= 15 is 0 Å². The van der Waals surface area contributed by atoms with Gasteiger partial charge in [-0.05, 0) is 19.3 Å². The highest BCUT2D eigenvalue weighted by Crippen LogP contribution is 2.15. The van der Waals surface area contributed by atoms with Crippen molar-refractivity contribution in [2.75, 3.05) is 6.61 Å². The summed E-state index contributed by atoms with van der Waals surface area (Å²) in [5.74, 6) is 0.167. The van der Waals surface area contributed by atoms with Crippen LogP contribution in [0.1, 0.15) is 148 Å². The average molecular weight is 413 g/mol. The fraction of sp³-hybridized carbons (Fsp3) is 0.962. The van der Waals surface area contributed by atoms with E-state index in [1.165, 1.54) is 103 Å². The standard InChI is InChI=1S/C26H52O3/c1-2-3-4-5-6-7-8-9-10-11-12-13-14-15-16-17-18-20-25(28)22-23-26(29)21-19-24-27/h25,27-28H,2-24H2,1H3. The predicted octanol–water partition coefficient (Wildman–Crippen LogP) is 7.51. The van der Waals surface area contributed by atoms with Crippen molar-refractivity contribution in [3.8, 4) is 0 Å². The molecule has 0 aromatic heterocycles. The molecule has 0 rings (SSSR count). The molecule has 0 aliphatic rings. The highest BCUT2D eigenvalue weighted by molar-refractivity contribution is 5.78. The van der Waals surface area contributed by atoms with Crippen molar-refractivity contribution >= 4 is 5.78 Å². The minimum atomic E-state index is -0.329. The lowest BCUT2D eigenvalue weighted by Gasteiger charge is -2.09. The predicted molar refractivity (Wildman–Crippen MR) is 125 cm³/mol. The van der Waals surface area contributed by atoms with Crippen molar-refractivity contribution in [2.24, 2.45) is 0 Å². The van der Waals surface area contributed by atoms with Crippen LogP contribution >= 0.6 is 0 Å². The molecular weight excluding hydrogens is 360 g/mol. The van der Waals surface area contributed by atoms with Gasteiger partial charge in [-0.2, -0.15) is 0 Å². The first-order chi connectivity index (χ1) is 14.2. The summed E-state index contributed by atoms with van der Waals surface area (Å²) in [6.07, 6.45) is 25.8. The second-order valence-electron chi connectivity index (χ2n) is 9.00. The van der Waals surface area contributed by atoms with Crippen LogP contribution in [0.15, 0.2) is 0 Å². The third kappa shape index (κ3) is 23.7. The van der Waals surface area contributed by atoms with E-state index in [2.05, 4.69) is 6.92 Å². The van der Waals surface area contributed by atoms with E-state index in [0.717, 1.165) is 12.8 Å². The summed E-state index contributed by atoms with van der Waals surface area (Å²) in [6, 6.07) is 0. The second kappa shape index (κ2) is 23.9. The molecule has 0 aliphatic heterocycles. The van der Waals surface area contributed by atoms with Crippen LogP contribution in [-0.2, 0) is 4.79 Å². The summed E-state index contributed by atoms with van der Waals surface area (Å²) in [6.45, 7) is 2.36. The lowest BCUT2D eigenvalue weighted by atomic mass is 10.0. The Balaban J connectivity index is 3.17. The largest absolute Gasteiger partial charge is 0.396 e. The Labute approximate surface area is 182 Å². The molecule has 0 bridgehead atoms. The SMILES string of the molecule is CCCCCCCCCCCCCCCCCCCC(O)CCC(=O)CCCO. The fourth-order valence-corrected chi connectivity index (χ4v) is 3.98. The molecule has 1 unspecified atom stereocenters. The summed E-state index contributed by atoms with van der Waals surface area (Å²) in [5, 5.41) is 18.7. The van der Waals surface area contributed by atoms with Gasteiger partial charge in [-0.3, -0.25) is 4.79 Å². The second-order valence-corrected chi connectivity index (χ2v) is 9.00. The van der Waals surface area contributed by atoms with Gasteiger partial charge in [0.1, 0.15) is 5.78 Å². The van der Waals surface area contributed by atoms with Crippen molar-refractivity contribution in [2.45, 2.75) is 154 Å². The van der Waals surface area contributed by atoms with Crippen molar-refractivity contribution in [3.05, 3.63) is 0 Å². The third-order valence-electron chi connectivity index (χ3n) is 6.01. The van der Waals surface area contributed by atoms with Crippen LogP contribution in [0.3, 0.4) is 0 Å². The molecule has 0 amide bonds. The summed E-state index contributed by atoms with van der Waals surface area (Å²) >= 11 is 0. The van der Waals surface area contributed by atoms with Gasteiger partial charge in [0.25, 0.3) is 0 Å². The van der Waals surface area contributed by atoms with Gasteiger partial charge in [0, 0.05) is 19.4 Å². The molecule has 0 aromatic carbocycles. The molecule has 3 heteroatoms. The number of hydrogen-bond acceptors (Lipinski definition) is 3. The van der Waals surface area contributed by atoms with Crippen LogP contribution in [0.4, 0.5) is 0 Å². The van der Waals surface area contributed by atoms with E-state index < -0.39 is 0 Å².